The van der Waals surface area contributed by atoms with Crippen molar-refractivity contribution in [3.05, 3.63) is 34.6 Å². The molecule has 2 saturated carbocycles. The van der Waals surface area contributed by atoms with Gasteiger partial charge in [-0.3, -0.25) is 0 Å². The number of aromatic nitrogens is 3. The van der Waals surface area contributed by atoms with E-state index in [2.05, 4.69) is 10.3 Å². The summed E-state index contributed by atoms with van der Waals surface area (Å²) in [4.78, 5) is 23.6. The monoisotopic (exact) mass is 763 g/mol. The molecule has 9 heterocycles. The van der Waals surface area contributed by atoms with Crippen molar-refractivity contribution in [1.29, 1.82) is 0 Å². The zero-order valence-electron chi connectivity index (χ0n) is 29.8. The van der Waals surface area contributed by atoms with Gasteiger partial charge in [-0.15, -0.1) is 5.10 Å². The zero-order chi connectivity index (χ0) is 37.3. The predicted molar refractivity (Wildman–Crippen MR) is 164 cm³/mol. The highest BCUT2D eigenvalue weighted by molar-refractivity contribution is 5.30. The number of ether oxygens (including phenoxy) is 5. The number of hydrogen-bond acceptors (Lipinski definition) is 11. The van der Waals surface area contributed by atoms with Crippen LogP contribution in [0.2, 0.25) is 0 Å². The standard InChI is InChI=1S/C35H43F6N3O9/c1-17-5-7-24-20(26(34(36,37)38)46-28-32(24)22(17)9-11-30(3,48-28)50-52-32)14-44-19(13-42-43-44)15-45-16-21-25-8-6-18(2)23-10-12-31(4)49-29(33(23,25)53-51-31)47-27(21)35(39,40)41/h13,17-18,22-25,28-29H,5-12,14-16H2,1-4H3/t17-,18-,22+,23+,24+,25+,28-,29-,30+,31+,32-,33-/m1/s1. The maximum atomic E-state index is 14.8. The van der Waals surface area contributed by atoms with Crippen LogP contribution < -0.4 is 0 Å². The number of halogens is 6. The average molecular weight is 764 g/mol. The molecule has 2 aliphatic carbocycles. The number of hydrogen-bond donors (Lipinski definition) is 0. The minimum atomic E-state index is -4.87. The molecule has 12 atom stereocenters. The van der Waals surface area contributed by atoms with Gasteiger partial charge in [0.1, 0.15) is 0 Å². The van der Waals surface area contributed by atoms with Crippen LogP contribution in [0.3, 0.4) is 0 Å². The molecule has 4 bridgehead atoms. The van der Waals surface area contributed by atoms with Crippen molar-refractivity contribution in [2.45, 2.75) is 140 Å². The van der Waals surface area contributed by atoms with Crippen LogP contribution in [0, 0.1) is 35.5 Å². The molecule has 0 amide bonds. The molecule has 6 saturated heterocycles. The topological polar surface area (TPSA) is 114 Å². The van der Waals surface area contributed by atoms with Crippen molar-refractivity contribution in [2.24, 2.45) is 35.5 Å². The smallest absolute Gasteiger partial charge is 0.449 e. The van der Waals surface area contributed by atoms with Crippen LogP contribution in [0.25, 0.3) is 0 Å². The third kappa shape index (κ3) is 5.43. The van der Waals surface area contributed by atoms with E-state index in [0.29, 0.717) is 51.4 Å². The molecular weight excluding hydrogens is 720 g/mol. The third-order valence-corrected chi connectivity index (χ3v) is 13.4. The minimum Gasteiger partial charge on any atom is -0.456 e. The Morgan fingerprint density at radius 1 is 0.717 bits per heavy atom. The Labute approximate surface area is 301 Å². The molecule has 8 fully saturated rings. The quantitative estimate of drug-likeness (QED) is 0.222. The Morgan fingerprint density at radius 3 is 1.75 bits per heavy atom. The first-order chi connectivity index (χ1) is 25.0. The molecule has 12 nitrogen and oxygen atoms in total. The van der Waals surface area contributed by atoms with Gasteiger partial charge in [-0.25, -0.2) is 24.2 Å². The highest BCUT2D eigenvalue weighted by Crippen LogP contribution is 2.63. The van der Waals surface area contributed by atoms with Gasteiger partial charge in [0.05, 0.1) is 31.6 Å². The SMILES string of the molecule is C[C@@H]1CC[C@H]2C(COCc3cnnn3CC3=C(C(F)(F)F)O[C@@H]4O[C@]5(C)CC[C@H]6[C@H](C)CC[C@@H]3[C@@]46OO5)=C(C(F)(F)F)O[C@@H]3O[C@]4(C)CC[C@@H]1[C@]32OO4. The van der Waals surface area contributed by atoms with E-state index in [1.165, 1.54) is 10.9 Å². The van der Waals surface area contributed by atoms with E-state index >= 15 is 0 Å². The van der Waals surface area contributed by atoms with Gasteiger partial charge in [0, 0.05) is 47.7 Å². The summed E-state index contributed by atoms with van der Waals surface area (Å²) in [6.45, 7) is 6.14. The van der Waals surface area contributed by atoms with Crippen LogP contribution in [0.15, 0.2) is 28.9 Å². The van der Waals surface area contributed by atoms with Gasteiger partial charge in [0.25, 0.3) is 0 Å². The molecule has 0 unspecified atom stereocenters. The number of rotatable bonds is 6. The van der Waals surface area contributed by atoms with Crippen LogP contribution in [0.4, 0.5) is 26.3 Å². The first kappa shape index (κ1) is 36.2. The largest absolute Gasteiger partial charge is 0.456 e. The Bertz CT molecular complexity index is 1700. The molecular formula is C35H43F6N3O9. The molecule has 11 rings (SSSR count). The summed E-state index contributed by atoms with van der Waals surface area (Å²) in [7, 11) is 0. The second-order valence-electron chi connectivity index (χ2n) is 16.5. The molecule has 0 aromatic carbocycles. The third-order valence-electron chi connectivity index (χ3n) is 13.4. The lowest BCUT2D eigenvalue weighted by Crippen LogP contribution is -2.67. The average Bonchev–Trinajstić information content (AvgIpc) is 3.21. The van der Waals surface area contributed by atoms with Crippen LogP contribution in [0.5, 0.6) is 0 Å². The Morgan fingerprint density at radius 2 is 1.23 bits per heavy atom. The van der Waals surface area contributed by atoms with E-state index in [4.69, 9.17) is 43.2 Å². The van der Waals surface area contributed by atoms with Crippen LogP contribution in [-0.4, -0.2) is 69.3 Å². The zero-order valence-corrected chi connectivity index (χ0v) is 29.8. The molecule has 0 N–H and O–H groups in total. The van der Waals surface area contributed by atoms with Gasteiger partial charge >= 0.3 is 12.4 Å². The fourth-order valence-corrected chi connectivity index (χ4v) is 10.8. The summed E-state index contributed by atoms with van der Waals surface area (Å²) in [6, 6.07) is 0. The van der Waals surface area contributed by atoms with Gasteiger partial charge in [-0.1, -0.05) is 19.1 Å². The van der Waals surface area contributed by atoms with E-state index in [1.807, 2.05) is 13.8 Å². The maximum absolute atomic E-state index is 14.8. The van der Waals surface area contributed by atoms with Crippen LogP contribution in [0.1, 0.15) is 84.8 Å². The normalized spacial score (nSPS) is 44.9. The summed E-state index contributed by atoms with van der Waals surface area (Å²) >= 11 is 0. The van der Waals surface area contributed by atoms with Gasteiger partial charge in [0.15, 0.2) is 11.2 Å². The summed E-state index contributed by atoms with van der Waals surface area (Å²) in [5, 5.41) is 8.01. The molecule has 53 heavy (non-hydrogen) atoms. The minimum absolute atomic E-state index is 0.0971. The lowest BCUT2D eigenvalue weighted by molar-refractivity contribution is -0.558. The lowest BCUT2D eigenvalue weighted by atomic mass is 9.59. The molecule has 1 aromatic heterocycles. The highest BCUT2D eigenvalue weighted by Gasteiger charge is 2.72. The highest BCUT2D eigenvalue weighted by atomic mass is 19.4. The number of allylic oxidation sites excluding steroid dienone is 2. The van der Waals surface area contributed by atoms with Crippen LogP contribution >= 0.6 is 0 Å². The second-order valence-corrected chi connectivity index (χ2v) is 16.5. The number of fused-ring (bicyclic) bond motifs is 4. The maximum Gasteiger partial charge on any atom is 0.449 e. The summed E-state index contributed by atoms with van der Waals surface area (Å²) < 4.78 is 119. The molecule has 8 aliphatic heterocycles. The Kier molecular flexibility index (Phi) is 8.20. The Balaban J connectivity index is 1.01. The van der Waals surface area contributed by atoms with E-state index in [1.54, 1.807) is 13.8 Å². The van der Waals surface area contributed by atoms with Gasteiger partial charge < -0.3 is 23.7 Å². The Hall–Kier alpha value is -2.48. The molecule has 1 aromatic rings. The first-order valence-corrected chi connectivity index (χ1v) is 18.5. The van der Waals surface area contributed by atoms with E-state index in [-0.39, 0.29) is 53.7 Å². The van der Waals surface area contributed by atoms with Crippen LogP contribution in [-0.2, 0) is 56.4 Å². The molecule has 0 radical (unpaired) electrons. The number of nitrogens with zero attached hydrogens (tertiary/aromatic N) is 3. The molecule has 10 aliphatic rings. The summed E-state index contributed by atoms with van der Waals surface area (Å²) in [5.74, 6) is -6.68. The van der Waals surface area contributed by atoms with Gasteiger partial charge in [-0.05, 0) is 64.2 Å². The molecule has 294 valence electrons. The van der Waals surface area contributed by atoms with Gasteiger partial charge in [-0.2, -0.15) is 26.3 Å². The lowest BCUT2D eigenvalue weighted by Gasteiger charge is -2.57. The van der Waals surface area contributed by atoms with E-state index < -0.39 is 77.7 Å². The fraction of sp³-hybridized carbons (Fsp3) is 0.829. The summed E-state index contributed by atoms with van der Waals surface area (Å²) in [5.41, 5.74) is -2.63. The van der Waals surface area contributed by atoms with Crippen molar-refractivity contribution in [1.82, 2.24) is 15.0 Å². The van der Waals surface area contributed by atoms with E-state index in [9.17, 15) is 26.3 Å². The van der Waals surface area contributed by atoms with E-state index in [0.717, 1.165) is 0 Å². The van der Waals surface area contributed by atoms with Crippen molar-refractivity contribution < 1.29 is 69.6 Å². The molecule has 18 heteroatoms. The van der Waals surface area contributed by atoms with Crippen molar-refractivity contribution >= 4 is 0 Å². The fourth-order valence-electron chi connectivity index (χ4n) is 10.8. The summed E-state index contributed by atoms with van der Waals surface area (Å²) in [6.07, 6.45) is -7.05. The van der Waals surface area contributed by atoms with Crippen molar-refractivity contribution in [3.63, 3.8) is 0 Å². The van der Waals surface area contributed by atoms with Crippen molar-refractivity contribution in [3.8, 4) is 0 Å². The van der Waals surface area contributed by atoms with Crippen molar-refractivity contribution in [2.75, 3.05) is 6.61 Å². The second kappa shape index (κ2) is 12.0. The number of alkyl halides is 6. The predicted octanol–water partition coefficient (Wildman–Crippen LogP) is 6.92. The molecule has 2 spiro atoms. The first-order valence-electron chi connectivity index (χ1n) is 18.5. The van der Waals surface area contributed by atoms with Gasteiger partial charge in [0.2, 0.25) is 35.7 Å².